The molecule has 1 aromatic rings. The quantitative estimate of drug-likeness (QED) is 0.610. The number of nitrogens with zero attached hydrogens (tertiary/aromatic N) is 1. The Morgan fingerprint density at radius 3 is 2.79 bits per heavy atom. The van der Waals surface area contributed by atoms with E-state index in [2.05, 4.69) is 22.9 Å². The predicted octanol–water partition coefficient (Wildman–Crippen LogP) is 3.70. The van der Waals surface area contributed by atoms with E-state index in [4.69, 9.17) is 0 Å². The summed E-state index contributed by atoms with van der Waals surface area (Å²) in [5.41, 5.74) is 1.02. The maximum Gasteiger partial charge on any atom is 0.273 e. The van der Waals surface area contributed by atoms with Gasteiger partial charge in [0.15, 0.2) is 0 Å². The molecule has 0 amide bonds. The first-order chi connectivity index (χ1) is 6.66. The summed E-state index contributed by atoms with van der Waals surface area (Å²) < 4.78 is 0.833. The summed E-state index contributed by atoms with van der Waals surface area (Å²) in [5.74, 6) is 0. The van der Waals surface area contributed by atoms with Crippen LogP contribution in [0.3, 0.4) is 0 Å². The molecular formula is C10H12BrNO2. The third kappa shape index (κ3) is 2.54. The van der Waals surface area contributed by atoms with E-state index in [0.717, 1.165) is 29.3 Å². The van der Waals surface area contributed by atoms with Crippen LogP contribution >= 0.6 is 15.9 Å². The van der Waals surface area contributed by atoms with Crippen molar-refractivity contribution in [1.29, 1.82) is 0 Å². The lowest BCUT2D eigenvalue weighted by Gasteiger charge is -2.03. The number of nitro groups is 1. The molecule has 0 radical (unpaired) electrons. The summed E-state index contributed by atoms with van der Waals surface area (Å²) in [6, 6.07) is 5.09. The summed E-state index contributed by atoms with van der Waals surface area (Å²) in [6.45, 7) is 2.07. The standard InChI is InChI=1S/C10H12BrNO2/c1-2-3-5-8-9(11)6-4-7-10(8)12(13)14/h4,6-7H,2-3,5H2,1H3. The van der Waals surface area contributed by atoms with Crippen LogP contribution < -0.4 is 0 Å². The maximum absolute atomic E-state index is 10.7. The van der Waals surface area contributed by atoms with Crippen molar-refractivity contribution in [3.63, 3.8) is 0 Å². The zero-order valence-corrected chi connectivity index (χ0v) is 9.58. The van der Waals surface area contributed by atoms with Crippen molar-refractivity contribution in [2.75, 3.05) is 0 Å². The number of nitro benzene ring substituents is 1. The van der Waals surface area contributed by atoms with Crippen molar-refractivity contribution in [3.05, 3.63) is 38.3 Å². The molecule has 3 nitrogen and oxygen atoms in total. The zero-order valence-electron chi connectivity index (χ0n) is 8.00. The third-order valence-electron chi connectivity index (χ3n) is 2.07. The van der Waals surface area contributed by atoms with Crippen LogP contribution in [-0.2, 0) is 6.42 Å². The first-order valence-corrected chi connectivity index (χ1v) is 5.38. The van der Waals surface area contributed by atoms with Gasteiger partial charge in [0.1, 0.15) is 0 Å². The van der Waals surface area contributed by atoms with Gasteiger partial charge in [0.2, 0.25) is 0 Å². The van der Waals surface area contributed by atoms with Crippen molar-refractivity contribution >= 4 is 21.6 Å². The summed E-state index contributed by atoms with van der Waals surface area (Å²) in [5, 5.41) is 10.7. The van der Waals surface area contributed by atoms with Gasteiger partial charge in [0.05, 0.1) is 4.92 Å². The average Bonchev–Trinajstić information content (AvgIpc) is 2.15. The summed E-state index contributed by atoms with van der Waals surface area (Å²) in [6.07, 6.45) is 2.77. The van der Waals surface area contributed by atoms with Gasteiger partial charge in [-0.25, -0.2) is 0 Å². The molecule has 0 atom stereocenters. The Bertz CT molecular complexity index is 339. The molecule has 1 rings (SSSR count). The normalized spacial score (nSPS) is 10.1. The topological polar surface area (TPSA) is 43.1 Å². The van der Waals surface area contributed by atoms with E-state index in [1.165, 1.54) is 0 Å². The SMILES string of the molecule is CCCCc1c(Br)cccc1[N+](=O)[O-]. The second-order valence-corrected chi connectivity index (χ2v) is 3.95. The van der Waals surface area contributed by atoms with Crippen molar-refractivity contribution in [2.45, 2.75) is 26.2 Å². The van der Waals surface area contributed by atoms with Gasteiger partial charge in [0, 0.05) is 16.1 Å². The third-order valence-corrected chi connectivity index (χ3v) is 2.81. The number of unbranched alkanes of at least 4 members (excludes halogenated alkanes) is 1. The van der Waals surface area contributed by atoms with Gasteiger partial charge in [-0.2, -0.15) is 0 Å². The molecule has 0 heterocycles. The summed E-state index contributed by atoms with van der Waals surface area (Å²) in [7, 11) is 0. The number of rotatable bonds is 4. The first-order valence-electron chi connectivity index (χ1n) is 4.58. The van der Waals surface area contributed by atoms with Gasteiger partial charge in [0.25, 0.3) is 5.69 Å². The second kappa shape index (κ2) is 5.10. The van der Waals surface area contributed by atoms with Crippen LogP contribution in [0.2, 0.25) is 0 Å². The fourth-order valence-electron chi connectivity index (χ4n) is 1.32. The minimum absolute atomic E-state index is 0.216. The molecule has 4 heteroatoms. The first kappa shape index (κ1) is 11.2. The molecule has 14 heavy (non-hydrogen) atoms. The van der Waals surface area contributed by atoms with Crippen LogP contribution in [0, 0.1) is 10.1 Å². The van der Waals surface area contributed by atoms with E-state index >= 15 is 0 Å². The van der Waals surface area contributed by atoms with Crippen LogP contribution in [0.25, 0.3) is 0 Å². The highest BCUT2D eigenvalue weighted by Gasteiger charge is 2.14. The number of hydrogen-bond acceptors (Lipinski definition) is 2. The minimum atomic E-state index is -0.324. The van der Waals surface area contributed by atoms with Crippen molar-refractivity contribution in [1.82, 2.24) is 0 Å². The Morgan fingerprint density at radius 2 is 2.21 bits per heavy atom. The van der Waals surface area contributed by atoms with E-state index in [1.807, 2.05) is 6.07 Å². The highest BCUT2D eigenvalue weighted by Crippen LogP contribution is 2.27. The maximum atomic E-state index is 10.7. The lowest BCUT2D eigenvalue weighted by atomic mass is 10.1. The lowest BCUT2D eigenvalue weighted by Crippen LogP contribution is -1.96. The van der Waals surface area contributed by atoms with Crippen LogP contribution in [0.1, 0.15) is 25.3 Å². The van der Waals surface area contributed by atoms with E-state index in [0.29, 0.717) is 0 Å². The molecule has 0 N–H and O–H groups in total. The van der Waals surface area contributed by atoms with E-state index in [9.17, 15) is 10.1 Å². The highest BCUT2D eigenvalue weighted by molar-refractivity contribution is 9.10. The molecule has 76 valence electrons. The molecule has 0 aliphatic carbocycles. The molecule has 0 spiro atoms. The molecule has 0 saturated carbocycles. The molecular weight excluding hydrogens is 246 g/mol. The lowest BCUT2D eigenvalue weighted by molar-refractivity contribution is -0.385. The monoisotopic (exact) mass is 257 g/mol. The van der Waals surface area contributed by atoms with Crippen molar-refractivity contribution in [2.24, 2.45) is 0 Å². The fourth-order valence-corrected chi connectivity index (χ4v) is 1.87. The molecule has 1 aromatic carbocycles. The molecule has 0 saturated heterocycles. The van der Waals surface area contributed by atoms with Gasteiger partial charge in [-0.05, 0) is 18.9 Å². The molecule has 0 aliphatic heterocycles. The number of halogens is 1. The van der Waals surface area contributed by atoms with Crippen LogP contribution in [0.15, 0.2) is 22.7 Å². The minimum Gasteiger partial charge on any atom is -0.258 e. The Balaban J connectivity index is 3.02. The largest absolute Gasteiger partial charge is 0.273 e. The van der Waals surface area contributed by atoms with Gasteiger partial charge in [-0.15, -0.1) is 0 Å². The highest BCUT2D eigenvalue weighted by atomic mass is 79.9. The summed E-state index contributed by atoms with van der Waals surface area (Å²) >= 11 is 3.34. The van der Waals surface area contributed by atoms with Crippen LogP contribution in [0.4, 0.5) is 5.69 Å². The number of benzene rings is 1. The van der Waals surface area contributed by atoms with E-state index < -0.39 is 0 Å². The smallest absolute Gasteiger partial charge is 0.258 e. The molecule has 0 aromatic heterocycles. The molecule has 0 unspecified atom stereocenters. The van der Waals surface area contributed by atoms with Gasteiger partial charge in [-0.3, -0.25) is 10.1 Å². The second-order valence-electron chi connectivity index (χ2n) is 3.10. The van der Waals surface area contributed by atoms with Gasteiger partial charge < -0.3 is 0 Å². The predicted molar refractivity (Wildman–Crippen MR) is 59.4 cm³/mol. The molecule has 0 aliphatic rings. The van der Waals surface area contributed by atoms with Crippen molar-refractivity contribution in [3.8, 4) is 0 Å². The number of hydrogen-bond donors (Lipinski definition) is 0. The van der Waals surface area contributed by atoms with E-state index in [-0.39, 0.29) is 10.6 Å². The Labute approximate surface area is 91.4 Å². The average molecular weight is 258 g/mol. The van der Waals surface area contributed by atoms with Gasteiger partial charge in [-0.1, -0.05) is 35.3 Å². The Kier molecular flexibility index (Phi) is 4.07. The van der Waals surface area contributed by atoms with Crippen LogP contribution in [-0.4, -0.2) is 4.92 Å². The zero-order chi connectivity index (χ0) is 10.6. The molecule has 0 bridgehead atoms. The Hall–Kier alpha value is -0.900. The fraction of sp³-hybridized carbons (Fsp3) is 0.400. The summed E-state index contributed by atoms with van der Waals surface area (Å²) in [4.78, 5) is 10.4. The molecule has 0 fully saturated rings. The van der Waals surface area contributed by atoms with Gasteiger partial charge >= 0.3 is 0 Å². The Morgan fingerprint density at radius 1 is 1.50 bits per heavy atom. The van der Waals surface area contributed by atoms with Crippen molar-refractivity contribution < 1.29 is 4.92 Å². The van der Waals surface area contributed by atoms with E-state index in [1.54, 1.807) is 12.1 Å². The van der Waals surface area contributed by atoms with Crippen LogP contribution in [0.5, 0.6) is 0 Å².